The number of methoxy groups -OCH3 is 2. The van der Waals surface area contributed by atoms with Crippen LogP contribution >= 0.6 is 15.9 Å². The predicted molar refractivity (Wildman–Crippen MR) is 326 cm³/mol. The number of fused-ring (bicyclic) bond motifs is 2. The molecule has 0 saturated carbocycles. The average molecular weight is 1210 g/mol. The molecule has 0 saturated heterocycles. The molecule has 0 fully saturated rings. The number of ether oxygens (including phenoxy) is 5. The van der Waals surface area contributed by atoms with Crippen molar-refractivity contribution in [1.82, 2.24) is 30.6 Å². The van der Waals surface area contributed by atoms with E-state index in [1.165, 1.54) is 38.0 Å². The molecule has 0 aliphatic carbocycles. The van der Waals surface area contributed by atoms with Crippen LogP contribution in [0, 0.1) is 0 Å². The number of hydrogen-bond donors (Lipinski definition) is 5. The van der Waals surface area contributed by atoms with Crippen molar-refractivity contribution < 1.29 is 77.4 Å². The van der Waals surface area contributed by atoms with Gasteiger partial charge in [0.25, 0.3) is 5.91 Å². The Morgan fingerprint density at radius 1 is 0.548 bits per heavy atom. The van der Waals surface area contributed by atoms with Crippen molar-refractivity contribution in [2.75, 3.05) is 27.3 Å². The summed E-state index contributed by atoms with van der Waals surface area (Å²) in [5.74, 6) is 0.706. The van der Waals surface area contributed by atoms with Gasteiger partial charge in [0.15, 0.2) is 18.3 Å². The number of benzene rings is 6. The first kappa shape index (κ1) is 73.8. The monoisotopic (exact) mass is 1210 g/mol. The fourth-order valence-electron chi connectivity index (χ4n) is 7.65. The summed E-state index contributed by atoms with van der Waals surface area (Å²) in [5, 5.41) is 35.7. The molecule has 6 N–H and O–H groups in total. The number of amides is 1. The normalized spacial score (nSPS) is 12.5. The van der Waals surface area contributed by atoms with Gasteiger partial charge in [-0.15, -0.1) is 0 Å². The molecule has 2 aliphatic rings. The molecule has 4 heterocycles. The Morgan fingerprint density at radius 2 is 0.929 bits per heavy atom. The number of nitrogens with one attached hydrogen (secondary N) is 3. The van der Waals surface area contributed by atoms with E-state index in [-0.39, 0.29) is 61.9 Å². The summed E-state index contributed by atoms with van der Waals surface area (Å²) in [4.78, 5) is 46.1. The van der Waals surface area contributed by atoms with E-state index in [1.54, 1.807) is 81.4 Å². The van der Waals surface area contributed by atoms with Crippen LogP contribution in [0.4, 0.5) is 0 Å². The standard InChI is InChI=1S/C21H21N3O2.C12H13N3.C10H12O3.C9H10O3.C6H6O.C4H7BrO2.2CH4.Li.H2O/c1-15(26-17-10-6-3-7-11-17)21(25)24-13-12-19-18(14-24)20(23-22-19)16-8-4-2-5-9-16;1-2-4-9(5-3-1)12-10-8-13-7-6-11(10)14-15-12;1-8(10(11)12-2)13-9-6-4-3-5-7-9;1-7(9(10)11)12-8-5-3-2-4-6-8;7-6-4-2-1-3-5-6;1-3(5)4(6)7-2;;;;/h2-11,15H,12-14H2,1H3,(H,22,23);1-5,13H,6-8H2,(H,14,15);3-8H,1-2H3;2-7H,1H3,(H,10,11);1-5,7H;3H,1-2H3;2*1H4;;1H2/q;;;;;;;;+1;/p-1. The van der Waals surface area contributed by atoms with E-state index < -0.39 is 24.3 Å². The van der Waals surface area contributed by atoms with Crippen molar-refractivity contribution in [3.8, 4) is 45.5 Å². The molecular formula is C64H78BrLiN6O12. The largest absolute Gasteiger partial charge is 1.00 e. The summed E-state index contributed by atoms with van der Waals surface area (Å²) in [6, 6.07) is 56.6. The number of aromatic nitrogens is 4. The molecule has 8 aromatic rings. The van der Waals surface area contributed by atoms with Crippen LogP contribution in [0.3, 0.4) is 0 Å². The Kier molecular flexibility index (Phi) is 35.3. The smallest absolute Gasteiger partial charge is 0.870 e. The number of hydrogen-bond acceptors (Lipinski definition) is 14. The summed E-state index contributed by atoms with van der Waals surface area (Å²) in [6.07, 6.45) is -0.0560. The molecule has 18 nitrogen and oxygen atoms in total. The number of para-hydroxylation sites is 4. The molecule has 2 aliphatic heterocycles. The molecule has 4 unspecified atom stereocenters. The molecule has 0 spiro atoms. The third kappa shape index (κ3) is 24.7. The number of carboxylic acids is 1. The van der Waals surface area contributed by atoms with E-state index >= 15 is 0 Å². The maximum atomic E-state index is 12.9. The van der Waals surface area contributed by atoms with Gasteiger partial charge in [-0.25, -0.2) is 9.59 Å². The molecule has 444 valence electrons. The summed E-state index contributed by atoms with van der Waals surface area (Å²) in [5.41, 5.74) is 9.10. The molecule has 2 aromatic heterocycles. The molecule has 4 atom stereocenters. The van der Waals surface area contributed by atoms with Crippen molar-refractivity contribution in [2.45, 2.75) is 91.6 Å². The van der Waals surface area contributed by atoms with Crippen molar-refractivity contribution in [1.29, 1.82) is 0 Å². The van der Waals surface area contributed by atoms with Crippen LogP contribution in [0.25, 0.3) is 22.5 Å². The van der Waals surface area contributed by atoms with Crippen LogP contribution in [0.15, 0.2) is 182 Å². The second-order valence-electron chi connectivity index (χ2n) is 17.8. The molecule has 6 aromatic carbocycles. The fourth-order valence-corrected chi connectivity index (χ4v) is 7.84. The van der Waals surface area contributed by atoms with Crippen molar-refractivity contribution in [3.63, 3.8) is 0 Å². The molecular weight excluding hydrogens is 1130 g/mol. The van der Waals surface area contributed by atoms with E-state index in [4.69, 9.17) is 24.4 Å². The second-order valence-corrected chi connectivity index (χ2v) is 19.2. The van der Waals surface area contributed by atoms with Crippen molar-refractivity contribution in [3.05, 3.63) is 205 Å². The van der Waals surface area contributed by atoms with Crippen LogP contribution < -0.4 is 38.4 Å². The fraction of sp³-hybridized carbons (Fsp3) is 0.281. The molecule has 84 heavy (non-hydrogen) atoms. The predicted octanol–water partition coefficient (Wildman–Crippen LogP) is 8.75. The summed E-state index contributed by atoms with van der Waals surface area (Å²) >= 11 is 3.03. The Bertz CT molecular complexity index is 3070. The molecule has 20 heteroatoms. The van der Waals surface area contributed by atoms with E-state index in [2.05, 4.69) is 63.2 Å². The van der Waals surface area contributed by atoms with Gasteiger partial charge >= 0.3 is 36.8 Å². The zero-order chi connectivity index (χ0) is 57.7. The topological polar surface area (TPSA) is 258 Å². The van der Waals surface area contributed by atoms with E-state index in [0.717, 1.165) is 54.1 Å². The van der Waals surface area contributed by atoms with Gasteiger partial charge in [0, 0.05) is 72.7 Å². The Hall–Kier alpha value is -8.18. The minimum atomic E-state index is -0.959. The van der Waals surface area contributed by atoms with Crippen LogP contribution in [0.1, 0.15) is 65.1 Å². The molecule has 0 radical (unpaired) electrons. The minimum absolute atomic E-state index is 0. The zero-order valence-electron chi connectivity index (χ0n) is 47.1. The summed E-state index contributed by atoms with van der Waals surface area (Å²) in [6.45, 7) is 9.86. The minimum Gasteiger partial charge on any atom is -0.870 e. The van der Waals surface area contributed by atoms with Gasteiger partial charge in [0.1, 0.15) is 27.8 Å². The summed E-state index contributed by atoms with van der Waals surface area (Å²) < 4.78 is 25.0. The second kappa shape index (κ2) is 40.1. The van der Waals surface area contributed by atoms with Gasteiger partial charge in [0.05, 0.1) is 25.6 Å². The zero-order valence-corrected chi connectivity index (χ0v) is 48.7. The summed E-state index contributed by atoms with van der Waals surface area (Å²) in [7, 11) is 2.70. The number of aliphatic carboxylic acids is 1. The number of esters is 2. The van der Waals surface area contributed by atoms with Crippen molar-refractivity contribution >= 4 is 39.7 Å². The van der Waals surface area contributed by atoms with E-state index in [0.29, 0.717) is 36.1 Å². The number of phenolic OH excluding ortho intramolecular Hbond substituents is 1. The number of nitrogens with zero attached hydrogens (tertiary/aromatic N) is 3. The first-order valence-electron chi connectivity index (χ1n) is 25.8. The van der Waals surface area contributed by atoms with Crippen LogP contribution in [0.5, 0.6) is 23.0 Å². The molecule has 0 bridgehead atoms. The van der Waals surface area contributed by atoms with E-state index in [1.807, 2.05) is 114 Å². The molecule has 10 rings (SSSR count). The van der Waals surface area contributed by atoms with Crippen LogP contribution in [-0.4, -0.2) is 115 Å². The number of aromatic hydroxyl groups is 1. The van der Waals surface area contributed by atoms with Gasteiger partial charge in [-0.3, -0.25) is 19.8 Å². The van der Waals surface area contributed by atoms with Crippen LogP contribution in [-0.2, 0) is 54.6 Å². The van der Waals surface area contributed by atoms with Gasteiger partial charge in [-0.1, -0.05) is 164 Å². The van der Waals surface area contributed by atoms with Gasteiger partial charge in [0.2, 0.25) is 0 Å². The number of rotatable bonds is 12. The average Bonchev–Trinajstić information content (AvgIpc) is 3.08. The number of halogens is 1. The SMILES string of the molecule is C.C.CC(Oc1ccccc1)C(=O)N1CCc2[nH]nc(-c3ccccc3)c2C1.CC(Oc1ccccc1)C(=O)O.COC(=O)C(C)Br.COC(=O)C(C)Oc1ccccc1.Oc1ccccc1.[Li+].[OH-].c1ccc(-c2n[nH]c3c2CNCC3)cc1. The van der Waals surface area contributed by atoms with Gasteiger partial charge < -0.3 is 49.6 Å². The van der Waals surface area contributed by atoms with E-state index in [9.17, 15) is 19.2 Å². The Labute approximate surface area is 513 Å². The van der Waals surface area contributed by atoms with Crippen molar-refractivity contribution in [2.24, 2.45) is 0 Å². The number of alkyl halides is 1. The number of carboxylic acid groups (broad SMARTS) is 1. The first-order valence-corrected chi connectivity index (χ1v) is 26.7. The number of aromatic amines is 2. The Balaban J connectivity index is 0.000000531. The Morgan fingerprint density at radius 3 is 1.31 bits per heavy atom. The number of H-pyrrole nitrogens is 2. The number of phenols is 1. The first-order chi connectivity index (χ1) is 38.7. The van der Waals surface area contributed by atoms with Crippen LogP contribution in [0.2, 0.25) is 0 Å². The number of carbonyl (C=O) groups excluding carboxylic acids is 3. The number of carbonyl (C=O) groups is 4. The molecule has 1 amide bonds. The third-order valence-corrected chi connectivity index (χ3v) is 12.2. The quantitative estimate of drug-likeness (QED) is 0.0435. The van der Waals surface area contributed by atoms with Gasteiger partial charge in [-0.2, -0.15) is 10.2 Å². The van der Waals surface area contributed by atoms with Gasteiger partial charge in [-0.05, 0) is 76.2 Å². The maximum absolute atomic E-state index is 12.9. The maximum Gasteiger partial charge on any atom is 1.00 e. The third-order valence-electron chi connectivity index (χ3n) is 11.8.